The smallest absolute Gasteiger partial charge is 0.793 e. The van der Waals surface area contributed by atoms with Gasteiger partial charge in [0.15, 0.2) is 0 Å². The molecule has 4 saturated carbocycles. The molecular formula is C61H76BN5NaO13. The van der Waals surface area contributed by atoms with Gasteiger partial charge in [-0.25, -0.2) is 29.0 Å². The molecule has 18 nitrogen and oxygen atoms in total. The number of nitriles is 2. The molecule has 2 spiro atoms. The molecular weight excluding hydrogens is 1040 g/mol. The first-order valence-corrected chi connectivity index (χ1v) is 27.0. The van der Waals surface area contributed by atoms with Gasteiger partial charge in [-0.05, 0) is 149 Å². The molecule has 4 aliphatic carbocycles. The average Bonchev–Trinajstić information content (AvgIpc) is 3.40. The second-order valence-corrected chi connectivity index (χ2v) is 20.9. The van der Waals surface area contributed by atoms with Crippen LogP contribution in [0.1, 0.15) is 139 Å². The van der Waals surface area contributed by atoms with Crippen molar-refractivity contribution in [3.8, 4) is 23.6 Å². The number of hydrogen-bond donors (Lipinski definition) is 2. The normalized spacial score (nSPS) is 20.0. The van der Waals surface area contributed by atoms with Crippen LogP contribution in [-0.4, -0.2) is 94.3 Å². The molecule has 0 unspecified atom stereocenters. The number of rotatable bonds is 17. The molecule has 4 aromatic carbocycles. The Morgan fingerprint density at radius 3 is 1.33 bits per heavy atom. The quantitative estimate of drug-likeness (QED) is 0.0465. The number of hydrogen-bond acceptors (Lipinski definition) is 16. The summed E-state index contributed by atoms with van der Waals surface area (Å²) in [6.45, 7) is 9.37. The van der Waals surface area contributed by atoms with Crippen LogP contribution in [0.3, 0.4) is 0 Å². The van der Waals surface area contributed by atoms with E-state index in [-0.39, 0.29) is 90.1 Å². The van der Waals surface area contributed by atoms with Gasteiger partial charge in [0.2, 0.25) is 5.97 Å². The fraction of sp³-hybridized carbons (Fsp3) is 0.475. The number of carbonyl (C=O) groups excluding carboxylic acids is 6. The summed E-state index contributed by atoms with van der Waals surface area (Å²) < 4.78 is 26.6. The average molecular weight is 1120 g/mol. The number of ether oxygens (including phenoxy) is 4. The number of benzene rings is 4. The van der Waals surface area contributed by atoms with Crippen molar-refractivity contribution in [2.45, 2.75) is 156 Å². The molecule has 3 radical (unpaired) electrons. The maximum absolute atomic E-state index is 12.1. The summed E-state index contributed by atoms with van der Waals surface area (Å²) in [7, 11) is 8.48. The number of nitrogens with one attached hydrogen (secondary N) is 2. The minimum Gasteiger partial charge on any atom is -0.793 e. The van der Waals surface area contributed by atoms with E-state index in [0.717, 1.165) is 108 Å². The minimum absolute atomic E-state index is 0. The van der Waals surface area contributed by atoms with Gasteiger partial charge in [0.1, 0.15) is 43.1 Å². The van der Waals surface area contributed by atoms with Gasteiger partial charge in [0.25, 0.3) is 0 Å². The monoisotopic (exact) mass is 1120 g/mol. The zero-order valence-corrected chi connectivity index (χ0v) is 50.2. The maximum atomic E-state index is 12.1. The molecule has 427 valence electrons. The summed E-state index contributed by atoms with van der Waals surface area (Å²) >= 11 is 0. The van der Waals surface area contributed by atoms with Gasteiger partial charge >= 0.3 is 53.7 Å². The fourth-order valence-corrected chi connectivity index (χ4v) is 9.81. The van der Waals surface area contributed by atoms with Gasteiger partial charge in [-0.1, -0.05) is 93.1 Å². The van der Waals surface area contributed by atoms with Crippen LogP contribution in [0.15, 0.2) is 97.1 Å². The molecule has 4 aromatic rings. The number of carbonyl (C=O) groups is 6. The SMILES string of the molecule is CC(=O)OOC(C)=O.CCC.CN(C)CCCc1ccc(C#N)c(OC2CC3(CC(NC(=O)OCc4ccccc4)C3)C2)c1.N#Cc1ccc(CCC=O)cc1OC1CC2(CC(NC(=O)OCc3ccccc3)C2)C1.[B-]OC(C)=O.[Na+]. The molecule has 2 amide bonds. The summed E-state index contributed by atoms with van der Waals surface area (Å²) in [5.41, 5.74) is 5.76. The number of aldehydes is 1. The second-order valence-electron chi connectivity index (χ2n) is 20.9. The molecule has 2 N–H and O–H groups in total. The molecule has 0 aromatic heterocycles. The molecule has 20 heteroatoms. The first-order valence-electron chi connectivity index (χ1n) is 27.0. The molecule has 0 heterocycles. The van der Waals surface area contributed by atoms with E-state index >= 15 is 0 Å². The van der Waals surface area contributed by atoms with Crippen LogP contribution in [0.25, 0.3) is 0 Å². The molecule has 0 atom stereocenters. The number of nitrogens with zero attached hydrogens (tertiary/aromatic N) is 3. The standard InChI is InChI=1S/C27H33N3O3.C25H26N2O4.C4H6O4.C3H8.C2H3BO2.Na/c1-30(2)12-6-9-20-10-11-22(18-28)25(13-20)33-24-16-27(17-24)14-23(15-27)29-26(31)32-19-21-7-4-3-5-8-21;26-16-20-9-8-18(7-4-10-28)11-23(20)31-22-14-25(15-22)12-21(13-25)27-24(29)30-17-19-5-2-1-3-6-19;1-3(5)7-8-4(2)6;1-3-2;1-2(4)5-3;/h3-5,7-8,10-11,13,23-24H,6,9,12,14-17,19H2,1-2H3,(H,29,31);1-3,5-6,8-11,21-22H,4,7,12-15,17H2,(H,27,29);1-2H3;3H2,1-2H3;1H3;/q;;;;-1;+1. The summed E-state index contributed by atoms with van der Waals surface area (Å²) in [5.74, 6) is -0.437. The summed E-state index contributed by atoms with van der Waals surface area (Å²) in [6.07, 6.45) is 12.4. The Balaban J connectivity index is 0.000000333. The van der Waals surface area contributed by atoms with E-state index in [0.29, 0.717) is 35.5 Å². The van der Waals surface area contributed by atoms with E-state index in [2.05, 4.69) is 78.1 Å². The van der Waals surface area contributed by atoms with Crippen molar-refractivity contribution in [3.05, 3.63) is 130 Å². The van der Waals surface area contributed by atoms with E-state index in [1.165, 1.54) is 18.9 Å². The predicted molar refractivity (Wildman–Crippen MR) is 298 cm³/mol. The van der Waals surface area contributed by atoms with Crippen LogP contribution in [0.2, 0.25) is 0 Å². The Labute approximate surface area is 500 Å². The van der Waals surface area contributed by atoms with E-state index < -0.39 is 17.9 Å². The summed E-state index contributed by atoms with van der Waals surface area (Å²) in [4.78, 5) is 73.7. The number of alkyl carbamates (subject to hydrolysis) is 2. The molecule has 0 bridgehead atoms. The fourth-order valence-electron chi connectivity index (χ4n) is 9.81. The van der Waals surface area contributed by atoms with Crippen molar-refractivity contribution in [1.29, 1.82) is 10.5 Å². The van der Waals surface area contributed by atoms with E-state index in [9.17, 15) is 39.3 Å². The first-order chi connectivity index (χ1) is 38.3. The van der Waals surface area contributed by atoms with Crippen LogP contribution in [0.5, 0.6) is 11.5 Å². The van der Waals surface area contributed by atoms with Crippen molar-refractivity contribution in [1.82, 2.24) is 15.5 Å². The van der Waals surface area contributed by atoms with Gasteiger partial charge < -0.3 is 52.0 Å². The molecule has 4 aliphatic rings. The van der Waals surface area contributed by atoms with Crippen LogP contribution in [0.4, 0.5) is 9.59 Å². The van der Waals surface area contributed by atoms with Crippen molar-refractivity contribution in [3.63, 3.8) is 0 Å². The largest absolute Gasteiger partial charge is 1.00 e. The van der Waals surface area contributed by atoms with Crippen molar-refractivity contribution < 1.29 is 91.7 Å². The molecule has 8 rings (SSSR count). The van der Waals surface area contributed by atoms with Gasteiger partial charge in [-0.3, -0.25) is 4.79 Å². The third kappa shape index (κ3) is 24.8. The topological polar surface area (TPSA) is 242 Å². The Hall–Kier alpha value is -6.90. The maximum Gasteiger partial charge on any atom is 1.00 e. The third-order valence-electron chi connectivity index (χ3n) is 13.4. The van der Waals surface area contributed by atoms with E-state index in [1.54, 1.807) is 6.07 Å². The Kier molecular flexibility index (Phi) is 30.2. The third-order valence-corrected chi connectivity index (χ3v) is 13.4. The van der Waals surface area contributed by atoms with Crippen LogP contribution < -0.4 is 49.7 Å². The summed E-state index contributed by atoms with van der Waals surface area (Å²) in [5, 5.41) is 24.7. The van der Waals surface area contributed by atoms with Crippen LogP contribution in [-0.2, 0) is 69.1 Å². The van der Waals surface area contributed by atoms with Gasteiger partial charge in [0, 0.05) is 39.3 Å². The van der Waals surface area contributed by atoms with E-state index in [4.69, 9.17) is 18.9 Å². The van der Waals surface area contributed by atoms with Crippen LogP contribution in [0, 0.1) is 33.5 Å². The van der Waals surface area contributed by atoms with Gasteiger partial charge in [-0.2, -0.15) is 10.5 Å². The second kappa shape index (κ2) is 35.8. The number of aryl methyl sites for hydroxylation is 2. The van der Waals surface area contributed by atoms with Crippen molar-refractivity contribution in [2.75, 3.05) is 20.6 Å². The first kappa shape index (κ1) is 68.4. The zero-order chi connectivity index (χ0) is 58.5. The number of amides is 2. The summed E-state index contributed by atoms with van der Waals surface area (Å²) in [6, 6.07) is 35.5. The van der Waals surface area contributed by atoms with E-state index in [1.807, 2.05) is 91.0 Å². The molecule has 0 saturated heterocycles. The van der Waals surface area contributed by atoms with Crippen molar-refractivity contribution >= 4 is 44.4 Å². The molecule has 81 heavy (non-hydrogen) atoms. The Morgan fingerprint density at radius 1 is 0.617 bits per heavy atom. The van der Waals surface area contributed by atoms with Gasteiger partial charge in [0.05, 0.1) is 23.3 Å². The Morgan fingerprint density at radius 2 is 1.00 bits per heavy atom. The minimum atomic E-state index is -0.639. The van der Waals surface area contributed by atoms with Crippen LogP contribution >= 0.6 is 0 Å². The predicted octanol–water partition coefficient (Wildman–Crippen LogP) is 7.06. The Bertz CT molecular complexity index is 2680. The zero-order valence-electron chi connectivity index (χ0n) is 48.2. The van der Waals surface area contributed by atoms with Crippen molar-refractivity contribution in [2.24, 2.45) is 10.8 Å². The van der Waals surface area contributed by atoms with Gasteiger partial charge in [-0.15, -0.1) is 0 Å². The molecule has 4 fully saturated rings. The molecule has 0 aliphatic heterocycles.